The Morgan fingerprint density at radius 3 is 2.44 bits per heavy atom. The highest BCUT2D eigenvalue weighted by atomic mass is 35.5. The topological polar surface area (TPSA) is 49.4 Å². The van der Waals surface area contributed by atoms with Crippen LogP contribution in [0.4, 0.5) is 5.69 Å². The minimum atomic E-state index is -0.284. The van der Waals surface area contributed by atoms with Gasteiger partial charge in [0, 0.05) is 10.7 Å². The summed E-state index contributed by atoms with van der Waals surface area (Å²) in [4.78, 5) is 24.1. The molecule has 0 atom stereocenters. The first-order chi connectivity index (χ1) is 7.56. The second-order valence-electron chi connectivity index (χ2n) is 3.76. The second kappa shape index (κ2) is 4.14. The summed E-state index contributed by atoms with van der Waals surface area (Å²) in [7, 11) is 0. The van der Waals surface area contributed by atoms with E-state index in [1.54, 1.807) is 11.0 Å². The lowest BCUT2D eigenvalue weighted by atomic mass is 10.2. The Hall–Kier alpha value is -1.55. The van der Waals surface area contributed by atoms with E-state index in [9.17, 15) is 9.59 Å². The van der Waals surface area contributed by atoms with Crippen LogP contribution in [0, 0.1) is 6.92 Å². The van der Waals surface area contributed by atoms with Crippen LogP contribution in [-0.4, -0.2) is 24.9 Å². The molecule has 0 unspecified atom stereocenters. The van der Waals surface area contributed by atoms with Gasteiger partial charge in [-0.15, -0.1) is 0 Å². The van der Waals surface area contributed by atoms with Crippen LogP contribution in [0.15, 0.2) is 18.2 Å². The van der Waals surface area contributed by atoms with Crippen LogP contribution in [0.25, 0.3) is 0 Å². The lowest BCUT2D eigenvalue weighted by molar-refractivity contribution is -0.130. The molecule has 1 aromatic rings. The Balaban J connectivity index is 2.26. The van der Waals surface area contributed by atoms with E-state index in [0.29, 0.717) is 5.02 Å². The minimum absolute atomic E-state index is 0.186. The van der Waals surface area contributed by atoms with E-state index in [1.807, 2.05) is 19.1 Å². The molecule has 1 fully saturated rings. The number of carbonyl (C=O) groups is 2. The van der Waals surface area contributed by atoms with Crippen molar-refractivity contribution in [1.29, 1.82) is 0 Å². The number of anilines is 1. The van der Waals surface area contributed by atoms with Gasteiger partial charge in [0.15, 0.2) is 0 Å². The quantitative estimate of drug-likeness (QED) is 0.746. The van der Waals surface area contributed by atoms with Crippen molar-refractivity contribution < 1.29 is 9.59 Å². The molecule has 0 spiro atoms. The van der Waals surface area contributed by atoms with Gasteiger partial charge in [-0.3, -0.25) is 14.9 Å². The highest BCUT2D eigenvalue weighted by molar-refractivity contribution is 6.31. The molecule has 0 aromatic heterocycles. The number of hydrogen-bond acceptors (Lipinski definition) is 3. The number of halogens is 1. The number of aryl methyl sites for hydroxylation is 1. The number of imide groups is 1. The number of piperazine rings is 1. The molecular formula is C11H11ClN2O2. The molecule has 84 valence electrons. The van der Waals surface area contributed by atoms with Gasteiger partial charge in [0.25, 0.3) is 0 Å². The maximum absolute atomic E-state index is 11.2. The molecule has 0 bridgehead atoms. The fourth-order valence-corrected chi connectivity index (χ4v) is 1.77. The molecule has 16 heavy (non-hydrogen) atoms. The highest BCUT2D eigenvalue weighted by Crippen LogP contribution is 2.23. The molecule has 4 nitrogen and oxygen atoms in total. The fraction of sp³-hybridized carbons (Fsp3) is 0.273. The Morgan fingerprint density at radius 1 is 1.25 bits per heavy atom. The molecular weight excluding hydrogens is 228 g/mol. The monoisotopic (exact) mass is 238 g/mol. The number of amides is 2. The Morgan fingerprint density at radius 2 is 1.88 bits per heavy atom. The van der Waals surface area contributed by atoms with Crippen LogP contribution < -0.4 is 10.2 Å². The molecule has 1 N–H and O–H groups in total. The summed E-state index contributed by atoms with van der Waals surface area (Å²) < 4.78 is 0. The van der Waals surface area contributed by atoms with Crippen LogP contribution in [0.5, 0.6) is 0 Å². The molecule has 2 amide bonds. The first kappa shape index (κ1) is 11.0. The smallest absolute Gasteiger partial charge is 0.246 e. The summed E-state index contributed by atoms with van der Waals surface area (Å²) in [6.45, 7) is 2.27. The number of nitrogens with zero attached hydrogens (tertiary/aromatic N) is 1. The Labute approximate surface area is 98.2 Å². The third-order valence-corrected chi connectivity index (χ3v) is 2.88. The van der Waals surface area contributed by atoms with Crippen LogP contribution >= 0.6 is 11.6 Å². The predicted octanol–water partition coefficient (Wildman–Crippen LogP) is 1.11. The third kappa shape index (κ3) is 2.17. The molecule has 2 rings (SSSR count). The summed E-state index contributed by atoms with van der Waals surface area (Å²) in [5.41, 5.74) is 1.76. The summed E-state index contributed by atoms with van der Waals surface area (Å²) in [6.07, 6.45) is 0. The molecule has 1 aromatic carbocycles. The maximum Gasteiger partial charge on any atom is 0.246 e. The van der Waals surface area contributed by atoms with E-state index >= 15 is 0 Å². The van der Waals surface area contributed by atoms with Gasteiger partial charge in [-0.05, 0) is 24.6 Å². The van der Waals surface area contributed by atoms with Crippen LogP contribution in [-0.2, 0) is 9.59 Å². The van der Waals surface area contributed by atoms with Gasteiger partial charge in [0.2, 0.25) is 11.8 Å². The van der Waals surface area contributed by atoms with Crippen molar-refractivity contribution in [3.8, 4) is 0 Å². The third-order valence-electron chi connectivity index (χ3n) is 2.47. The fourth-order valence-electron chi connectivity index (χ4n) is 1.60. The second-order valence-corrected chi connectivity index (χ2v) is 4.17. The van der Waals surface area contributed by atoms with Crippen molar-refractivity contribution in [1.82, 2.24) is 5.32 Å². The van der Waals surface area contributed by atoms with E-state index in [0.717, 1.165) is 11.3 Å². The average molecular weight is 239 g/mol. The van der Waals surface area contributed by atoms with Crippen LogP contribution in [0.2, 0.25) is 5.02 Å². The van der Waals surface area contributed by atoms with Gasteiger partial charge >= 0.3 is 0 Å². The first-order valence-corrected chi connectivity index (χ1v) is 5.28. The number of benzene rings is 1. The lowest BCUT2D eigenvalue weighted by Gasteiger charge is -2.27. The van der Waals surface area contributed by atoms with Crippen molar-refractivity contribution in [3.05, 3.63) is 28.8 Å². The summed E-state index contributed by atoms with van der Waals surface area (Å²) in [5.74, 6) is -0.569. The van der Waals surface area contributed by atoms with Gasteiger partial charge in [0.1, 0.15) is 0 Å². The van der Waals surface area contributed by atoms with Crippen molar-refractivity contribution in [3.63, 3.8) is 0 Å². The largest absolute Gasteiger partial charge is 0.353 e. The molecule has 0 aliphatic carbocycles. The van der Waals surface area contributed by atoms with Crippen molar-refractivity contribution in [2.24, 2.45) is 0 Å². The average Bonchev–Trinajstić information content (AvgIpc) is 2.20. The van der Waals surface area contributed by atoms with E-state index < -0.39 is 0 Å². The normalized spacial score (nSPS) is 16.2. The standard InChI is InChI=1S/C11H11ClN2O2/c1-7-2-3-8(4-9(7)12)14-5-10(15)13-11(16)6-14/h2-4H,5-6H2,1H3,(H,13,15,16). The lowest BCUT2D eigenvalue weighted by Crippen LogP contribution is -2.51. The van der Waals surface area contributed by atoms with Gasteiger partial charge in [-0.25, -0.2) is 0 Å². The Bertz CT molecular complexity index is 443. The van der Waals surface area contributed by atoms with E-state index in [4.69, 9.17) is 11.6 Å². The molecule has 0 radical (unpaired) electrons. The molecule has 1 saturated heterocycles. The molecule has 1 aliphatic rings. The number of nitrogens with one attached hydrogen (secondary N) is 1. The highest BCUT2D eigenvalue weighted by Gasteiger charge is 2.22. The zero-order chi connectivity index (χ0) is 11.7. The number of carbonyl (C=O) groups excluding carboxylic acids is 2. The van der Waals surface area contributed by atoms with Crippen molar-refractivity contribution >= 4 is 29.1 Å². The van der Waals surface area contributed by atoms with E-state index in [-0.39, 0.29) is 24.9 Å². The van der Waals surface area contributed by atoms with Gasteiger partial charge in [0.05, 0.1) is 13.1 Å². The van der Waals surface area contributed by atoms with Gasteiger partial charge in [-0.1, -0.05) is 17.7 Å². The summed E-state index contributed by atoms with van der Waals surface area (Å²) in [5, 5.41) is 2.89. The SMILES string of the molecule is Cc1ccc(N2CC(=O)NC(=O)C2)cc1Cl. The molecule has 1 aliphatic heterocycles. The predicted molar refractivity (Wildman–Crippen MR) is 61.6 cm³/mol. The van der Waals surface area contributed by atoms with E-state index in [2.05, 4.69) is 5.32 Å². The number of hydrogen-bond donors (Lipinski definition) is 1. The Kier molecular flexibility index (Phi) is 2.83. The van der Waals surface area contributed by atoms with Gasteiger partial charge < -0.3 is 4.90 Å². The zero-order valence-corrected chi connectivity index (χ0v) is 9.54. The van der Waals surface area contributed by atoms with Crippen molar-refractivity contribution in [2.75, 3.05) is 18.0 Å². The van der Waals surface area contributed by atoms with Gasteiger partial charge in [-0.2, -0.15) is 0 Å². The molecule has 0 saturated carbocycles. The van der Waals surface area contributed by atoms with Crippen molar-refractivity contribution in [2.45, 2.75) is 6.92 Å². The minimum Gasteiger partial charge on any atom is -0.353 e. The molecule has 5 heteroatoms. The van der Waals surface area contributed by atoms with E-state index in [1.165, 1.54) is 0 Å². The maximum atomic E-state index is 11.2. The zero-order valence-electron chi connectivity index (χ0n) is 8.79. The van der Waals surface area contributed by atoms with Crippen LogP contribution in [0.3, 0.4) is 0 Å². The summed E-state index contributed by atoms with van der Waals surface area (Å²) in [6, 6.07) is 5.49. The number of rotatable bonds is 1. The van der Waals surface area contributed by atoms with Crippen LogP contribution in [0.1, 0.15) is 5.56 Å². The summed E-state index contributed by atoms with van der Waals surface area (Å²) >= 11 is 5.99. The first-order valence-electron chi connectivity index (χ1n) is 4.90. The molecule has 1 heterocycles.